The van der Waals surface area contributed by atoms with Gasteiger partial charge in [0.15, 0.2) is 5.75 Å². The Kier molecular flexibility index (Phi) is 4.99. The van der Waals surface area contributed by atoms with Crippen LogP contribution in [0.1, 0.15) is 18.9 Å². The number of hydrogen-bond donors (Lipinski definition) is 0. The van der Waals surface area contributed by atoms with Crippen LogP contribution in [0.2, 0.25) is 0 Å². The third kappa shape index (κ3) is 3.10. The first-order chi connectivity index (χ1) is 14.5. The fourth-order valence-electron chi connectivity index (χ4n) is 4.46. The fourth-order valence-corrected chi connectivity index (χ4v) is 4.46. The number of ether oxygens (including phenoxy) is 2. The molecule has 2 bridgehead atoms. The average molecular weight is 409 g/mol. The Hall–Kier alpha value is -3.67. The summed E-state index contributed by atoms with van der Waals surface area (Å²) in [6.45, 7) is 1.80. The summed E-state index contributed by atoms with van der Waals surface area (Å²) in [5, 5.41) is 16.5. The molecule has 1 heterocycles. The molecule has 4 atom stereocenters. The highest BCUT2D eigenvalue weighted by atomic mass is 16.6. The van der Waals surface area contributed by atoms with Gasteiger partial charge in [-0.25, -0.2) is 0 Å². The minimum atomic E-state index is -0.619. The maximum Gasteiger partial charge on any atom is 0.315 e. The Morgan fingerprint density at radius 1 is 1.27 bits per heavy atom. The fraction of sp³-hybridized carbons (Fsp3) is 0.381. The largest absolute Gasteiger partial charge is 0.490 e. The van der Waals surface area contributed by atoms with Crippen LogP contribution in [0, 0.1) is 46.1 Å². The maximum absolute atomic E-state index is 12.7. The number of imide groups is 1. The number of amides is 2. The lowest BCUT2D eigenvalue weighted by molar-refractivity contribution is -0.385. The van der Waals surface area contributed by atoms with Gasteiger partial charge in [0.05, 0.1) is 29.6 Å². The van der Waals surface area contributed by atoms with Gasteiger partial charge in [-0.15, -0.1) is 6.42 Å². The van der Waals surface area contributed by atoms with Crippen molar-refractivity contribution in [2.75, 3.05) is 13.2 Å². The predicted octanol–water partition coefficient (Wildman–Crippen LogP) is 2.15. The Bertz CT molecular complexity index is 994. The predicted molar refractivity (Wildman–Crippen MR) is 106 cm³/mol. The van der Waals surface area contributed by atoms with Gasteiger partial charge in [-0.3, -0.25) is 19.7 Å². The summed E-state index contributed by atoms with van der Waals surface area (Å²) in [6.07, 6.45) is 11.2. The smallest absolute Gasteiger partial charge is 0.315 e. The lowest BCUT2D eigenvalue weighted by Gasteiger charge is -2.13. The molecule has 2 aliphatic carbocycles. The number of allylic oxidation sites excluding steroid dienone is 2. The molecule has 30 heavy (non-hydrogen) atoms. The standard InChI is InChI=1S/C21H19N3O6/c1-3-7-30-19-15(24(27)28)8-12(9-16(19)29-4-2)11-22-23-20(25)17-13-5-6-14(10-13)18(17)21(23)26/h1,5-6,8-9,11,13-14,17-18H,4,7,10H2,2H3. The molecule has 1 saturated heterocycles. The number of benzene rings is 1. The van der Waals surface area contributed by atoms with Crippen LogP contribution in [0.25, 0.3) is 0 Å². The first-order valence-corrected chi connectivity index (χ1v) is 9.57. The van der Waals surface area contributed by atoms with E-state index in [2.05, 4.69) is 11.0 Å². The van der Waals surface area contributed by atoms with Gasteiger partial charge in [0.1, 0.15) is 6.61 Å². The summed E-state index contributed by atoms with van der Waals surface area (Å²) >= 11 is 0. The summed E-state index contributed by atoms with van der Waals surface area (Å²) in [5.74, 6) is 1.08. The second kappa shape index (κ2) is 7.63. The van der Waals surface area contributed by atoms with Crippen molar-refractivity contribution in [1.82, 2.24) is 5.01 Å². The van der Waals surface area contributed by atoms with E-state index in [1.54, 1.807) is 6.92 Å². The zero-order valence-corrected chi connectivity index (χ0v) is 16.2. The molecule has 9 heteroatoms. The quantitative estimate of drug-likeness (QED) is 0.170. The van der Waals surface area contributed by atoms with Gasteiger partial charge in [-0.05, 0) is 31.2 Å². The summed E-state index contributed by atoms with van der Waals surface area (Å²) in [5.41, 5.74) is -0.0622. The number of hydrogen-bond acceptors (Lipinski definition) is 7. The van der Waals surface area contributed by atoms with Gasteiger partial charge >= 0.3 is 5.69 Å². The summed E-state index contributed by atoms with van der Waals surface area (Å²) in [7, 11) is 0. The molecule has 154 valence electrons. The van der Waals surface area contributed by atoms with E-state index in [4.69, 9.17) is 15.9 Å². The molecule has 2 amide bonds. The zero-order valence-electron chi connectivity index (χ0n) is 16.2. The normalized spacial score (nSPS) is 26.3. The Morgan fingerprint density at radius 2 is 1.93 bits per heavy atom. The molecule has 2 fully saturated rings. The molecular weight excluding hydrogens is 390 g/mol. The molecule has 0 radical (unpaired) electrons. The SMILES string of the molecule is C#CCOc1c(OCC)cc(C=NN2C(=O)C3C4C=CC(C4)C3C2=O)cc1[N+](=O)[O-]. The number of nitrogens with zero attached hydrogens (tertiary/aromatic N) is 3. The first-order valence-electron chi connectivity index (χ1n) is 9.57. The van der Waals surface area contributed by atoms with E-state index in [9.17, 15) is 19.7 Å². The molecular formula is C21H19N3O6. The average Bonchev–Trinajstić information content (AvgIpc) is 3.40. The van der Waals surface area contributed by atoms with Crippen LogP contribution < -0.4 is 9.47 Å². The number of carbonyl (C=O) groups excluding carboxylic acids is 2. The minimum absolute atomic E-state index is 0.0786. The van der Waals surface area contributed by atoms with Crippen LogP contribution in [0.3, 0.4) is 0 Å². The van der Waals surface area contributed by atoms with Crippen molar-refractivity contribution >= 4 is 23.7 Å². The van der Waals surface area contributed by atoms with Gasteiger partial charge in [-0.2, -0.15) is 10.1 Å². The second-order valence-electron chi connectivity index (χ2n) is 7.28. The highest BCUT2D eigenvalue weighted by Gasteiger charge is 2.59. The molecule has 9 nitrogen and oxygen atoms in total. The van der Waals surface area contributed by atoms with Crippen LogP contribution in [-0.2, 0) is 9.59 Å². The topological polar surface area (TPSA) is 111 Å². The van der Waals surface area contributed by atoms with Crippen molar-refractivity contribution in [2.45, 2.75) is 13.3 Å². The van der Waals surface area contributed by atoms with Crippen molar-refractivity contribution in [3.63, 3.8) is 0 Å². The molecule has 1 aromatic rings. The molecule has 0 aromatic heterocycles. The number of rotatable bonds is 7. The molecule has 1 aliphatic heterocycles. The third-order valence-corrected chi connectivity index (χ3v) is 5.62. The Morgan fingerprint density at radius 3 is 2.50 bits per heavy atom. The molecule has 1 aromatic carbocycles. The Balaban J connectivity index is 1.64. The lowest BCUT2D eigenvalue weighted by atomic mass is 9.85. The van der Waals surface area contributed by atoms with E-state index in [0.29, 0.717) is 0 Å². The van der Waals surface area contributed by atoms with Crippen LogP contribution >= 0.6 is 0 Å². The van der Waals surface area contributed by atoms with E-state index in [1.807, 2.05) is 12.2 Å². The maximum atomic E-state index is 12.7. The van der Waals surface area contributed by atoms with Crippen molar-refractivity contribution in [1.29, 1.82) is 0 Å². The number of terminal acetylenes is 1. The zero-order chi connectivity index (χ0) is 21.4. The number of nitro groups is 1. The summed E-state index contributed by atoms with van der Waals surface area (Å²) in [6, 6.07) is 2.72. The minimum Gasteiger partial charge on any atom is -0.490 e. The summed E-state index contributed by atoms with van der Waals surface area (Å²) in [4.78, 5) is 36.3. The molecule has 4 rings (SSSR count). The molecule has 3 aliphatic rings. The van der Waals surface area contributed by atoms with Crippen LogP contribution in [0.4, 0.5) is 5.69 Å². The van der Waals surface area contributed by atoms with Crippen LogP contribution in [0.15, 0.2) is 29.4 Å². The number of nitro benzene ring substituents is 1. The number of carbonyl (C=O) groups is 2. The van der Waals surface area contributed by atoms with Gasteiger partial charge in [0.25, 0.3) is 11.8 Å². The highest BCUT2D eigenvalue weighted by Crippen LogP contribution is 2.52. The molecule has 0 N–H and O–H groups in total. The molecule has 1 saturated carbocycles. The third-order valence-electron chi connectivity index (χ3n) is 5.62. The molecule has 0 spiro atoms. The number of hydrazone groups is 1. The molecule has 4 unspecified atom stereocenters. The highest BCUT2D eigenvalue weighted by molar-refractivity contribution is 6.06. The van der Waals surface area contributed by atoms with Gasteiger partial charge in [0, 0.05) is 11.6 Å². The van der Waals surface area contributed by atoms with E-state index in [1.165, 1.54) is 18.3 Å². The number of fused-ring (bicyclic) bond motifs is 5. The van der Waals surface area contributed by atoms with Gasteiger partial charge < -0.3 is 9.47 Å². The van der Waals surface area contributed by atoms with Crippen LogP contribution in [0.5, 0.6) is 11.5 Å². The van der Waals surface area contributed by atoms with Crippen molar-refractivity contribution in [3.05, 3.63) is 40.0 Å². The van der Waals surface area contributed by atoms with Crippen molar-refractivity contribution in [2.24, 2.45) is 28.8 Å². The van der Waals surface area contributed by atoms with E-state index >= 15 is 0 Å². The van der Waals surface area contributed by atoms with E-state index in [0.717, 1.165) is 11.4 Å². The van der Waals surface area contributed by atoms with Crippen molar-refractivity contribution < 1.29 is 24.0 Å². The second-order valence-corrected chi connectivity index (χ2v) is 7.28. The van der Waals surface area contributed by atoms with Crippen LogP contribution in [-0.4, -0.2) is 41.2 Å². The monoisotopic (exact) mass is 409 g/mol. The van der Waals surface area contributed by atoms with E-state index < -0.39 is 4.92 Å². The van der Waals surface area contributed by atoms with Gasteiger partial charge in [-0.1, -0.05) is 18.1 Å². The van der Waals surface area contributed by atoms with Crippen molar-refractivity contribution in [3.8, 4) is 23.8 Å². The van der Waals surface area contributed by atoms with Gasteiger partial charge in [0.2, 0.25) is 5.75 Å². The first kappa shape index (κ1) is 19.6. The Labute approximate surface area is 172 Å². The summed E-state index contributed by atoms with van der Waals surface area (Å²) < 4.78 is 10.8. The lowest BCUT2D eigenvalue weighted by Crippen LogP contribution is -2.28. The van der Waals surface area contributed by atoms with E-state index in [-0.39, 0.29) is 71.4 Å².